The Hall–Kier alpha value is -0.990. The summed E-state index contributed by atoms with van der Waals surface area (Å²) in [6, 6.07) is -0.381. The van der Waals surface area contributed by atoms with Crippen LogP contribution in [0.4, 0.5) is 0 Å². The lowest BCUT2D eigenvalue weighted by Crippen LogP contribution is -2.49. The van der Waals surface area contributed by atoms with Gasteiger partial charge in [-0.15, -0.1) is 0 Å². The van der Waals surface area contributed by atoms with Gasteiger partial charge in [-0.05, 0) is 19.8 Å². The van der Waals surface area contributed by atoms with E-state index in [9.17, 15) is 8.42 Å². The van der Waals surface area contributed by atoms with Crippen molar-refractivity contribution in [2.24, 2.45) is 5.73 Å². The van der Waals surface area contributed by atoms with Crippen molar-refractivity contribution < 1.29 is 8.42 Å². The molecule has 1 aliphatic heterocycles. The molecule has 0 aliphatic carbocycles. The van der Waals surface area contributed by atoms with Crippen LogP contribution in [0.2, 0.25) is 0 Å². The van der Waals surface area contributed by atoms with Crippen LogP contribution < -0.4 is 5.73 Å². The Balaban J connectivity index is 2.39. The predicted molar refractivity (Wildman–Crippen MR) is 71.6 cm³/mol. The Kier molecular flexibility index (Phi) is 3.69. The van der Waals surface area contributed by atoms with Gasteiger partial charge in [0.05, 0.1) is 22.9 Å². The van der Waals surface area contributed by atoms with Crippen molar-refractivity contribution in [3.63, 3.8) is 0 Å². The van der Waals surface area contributed by atoms with Gasteiger partial charge in [0.2, 0.25) is 10.0 Å². The van der Waals surface area contributed by atoms with Gasteiger partial charge in [-0.25, -0.2) is 8.42 Å². The first-order chi connectivity index (χ1) is 8.44. The molecule has 0 aromatic carbocycles. The van der Waals surface area contributed by atoms with Crippen molar-refractivity contribution in [3.8, 4) is 0 Å². The average Bonchev–Trinajstić information content (AvgIpc) is 2.76. The molecule has 1 fully saturated rings. The fourth-order valence-electron chi connectivity index (χ4n) is 2.20. The first kappa shape index (κ1) is 13.4. The standard InChI is InChI=1S/C10H16N4O2S2/c1-7-9(6-12-13-7)18(15,16)14-5-3-2-4-8(14)10(11)17/h6,8H,2-5H2,1H3,(H2,11,17)(H,12,13). The van der Waals surface area contributed by atoms with E-state index < -0.39 is 10.0 Å². The Morgan fingerprint density at radius 1 is 1.61 bits per heavy atom. The normalized spacial score (nSPS) is 21.9. The average molecular weight is 288 g/mol. The van der Waals surface area contributed by atoms with Gasteiger partial charge in [0.15, 0.2) is 0 Å². The van der Waals surface area contributed by atoms with Crippen LogP contribution in [0.5, 0.6) is 0 Å². The maximum Gasteiger partial charge on any atom is 0.247 e. The van der Waals surface area contributed by atoms with Gasteiger partial charge in [-0.1, -0.05) is 18.6 Å². The maximum atomic E-state index is 12.5. The summed E-state index contributed by atoms with van der Waals surface area (Å²) in [5, 5.41) is 6.40. The Morgan fingerprint density at radius 2 is 2.33 bits per heavy atom. The lowest BCUT2D eigenvalue weighted by atomic mass is 10.1. The summed E-state index contributed by atoms with van der Waals surface area (Å²) >= 11 is 4.97. The number of aromatic amines is 1. The minimum Gasteiger partial charge on any atom is -0.392 e. The molecule has 2 rings (SSSR count). The summed E-state index contributed by atoms with van der Waals surface area (Å²) in [7, 11) is -3.57. The van der Waals surface area contributed by atoms with Crippen molar-refractivity contribution in [1.29, 1.82) is 0 Å². The van der Waals surface area contributed by atoms with Crippen LogP contribution in [0.15, 0.2) is 11.1 Å². The molecule has 0 amide bonds. The lowest BCUT2D eigenvalue weighted by molar-refractivity contribution is 0.306. The monoisotopic (exact) mass is 288 g/mol. The number of nitrogens with two attached hydrogens (primary N) is 1. The van der Waals surface area contributed by atoms with Crippen LogP contribution >= 0.6 is 12.2 Å². The number of piperidine rings is 1. The third-order valence-corrected chi connectivity index (χ3v) is 5.45. The number of nitrogens with one attached hydrogen (secondary N) is 1. The molecule has 2 heterocycles. The second-order valence-electron chi connectivity index (χ2n) is 4.39. The van der Waals surface area contributed by atoms with E-state index in [-0.39, 0.29) is 15.9 Å². The number of hydrogen-bond acceptors (Lipinski definition) is 4. The molecule has 3 N–H and O–H groups in total. The fourth-order valence-corrected chi connectivity index (χ4v) is 4.31. The number of nitrogens with zero attached hydrogens (tertiary/aromatic N) is 2. The number of H-pyrrole nitrogens is 1. The molecule has 1 aromatic heterocycles. The highest BCUT2D eigenvalue weighted by Crippen LogP contribution is 2.26. The van der Waals surface area contributed by atoms with E-state index in [0.29, 0.717) is 18.7 Å². The molecular weight excluding hydrogens is 272 g/mol. The summed E-state index contributed by atoms with van der Waals surface area (Å²) in [5.41, 5.74) is 6.18. The zero-order valence-electron chi connectivity index (χ0n) is 10.1. The van der Waals surface area contributed by atoms with Crippen LogP contribution in [0.1, 0.15) is 25.0 Å². The largest absolute Gasteiger partial charge is 0.392 e. The van der Waals surface area contributed by atoms with E-state index in [0.717, 1.165) is 12.8 Å². The number of sulfonamides is 1. The summed E-state index contributed by atoms with van der Waals surface area (Å²) in [6.07, 6.45) is 3.79. The topological polar surface area (TPSA) is 92.1 Å². The van der Waals surface area contributed by atoms with Gasteiger partial charge in [-0.2, -0.15) is 9.40 Å². The van der Waals surface area contributed by atoms with Crippen molar-refractivity contribution in [2.75, 3.05) is 6.54 Å². The molecule has 1 saturated heterocycles. The van der Waals surface area contributed by atoms with Crippen molar-refractivity contribution >= 4 is 27.2 Å². The van der Waals surface area contributed by atoms with E-state index in [1.165, 1.54) is 10.5 Å². The van der Waals surface area contributed by atoms with Crippen molar-refractivity contribution in [3.05, 3.63) is 11.9 Å². The highest BCUT2D eigenvalue weighted by atomic mass is 32.2. The predicted octanol–water partition coefficient (Wildman–Crippen LogP) is 0.547. The third-order valence-electron chi connectivity index (χ3n) is 3.15. The highest BCUT2D eigenvalue weighted by Gasteiger charge is 2.36. The fraction of sp³-hybridized carbons (Fsp3) is 0.600. The number of aromatic nitrogens is 2. The molecule has 100 valence electrons. The molecule has 1 atom stereocenters. The molecule has 18 heavy (non-hydrogen) atoms. The van der Waals surface area contributed by atoms with Crippen LogP contribution in [0.3, 0.4) is 0 Å². The van der Waals surface area contributed by atoms with Crippen LogP contribution in [0, 0.1) is 6.92 Å². The van der Waals surface area contributed by atoms with Crippen LogP contribution in [-0.4, -0.2) is 40.5 Å². The van der Waals surface area contributed by atoms with E-state index in [1.807, 2.05) is 0 Å². The summed E-state index contributed by atoms with van der Waals surface area (Å²) in [6.45, 7) is 2.13. The molecule has 0 saturated carbocycles. The van der Waals surface area contributed by atoms with Crippen LogP contribution in [-0.2, 0) is 10.0 Å². The molecule has 6 nitrogen and oxygen atoms in total. The number of aryl methyl sites for hydroxylation is 1. The van der Waals surface area contributed by atoms with E-state index in [2.05, 4.69) is 10.2 Å². The van der Waals surface area contributed by atoms with Gasteiger partial charge in [0, 0.05) is 6.54 Å². The van der Waals surface area contributed by atoms with E-state index >= 15 is 0 Å². The summed E-state index contributed by atoms with van der Waals surface area (Å²) < 4.78 is 26.5. The van der Waals surface area contributed by atoms with Gasteiger partial charge < -0.3 is 5.73 Å². The molecular formula is C10H16N4O2S2. The molecule has 1 aliphatic rings. The first-order valence-corrected chi connectivity index (χ1v) is 7.60. The third kappa shape index (κ3) is 2.27. The van der Waals surface area contributed by atoms with Gasteiger partial charge >= 0.3 is 0 Å². The van der Waals surface area contributed by atoms with Crippen molar-refractivity contribution in [2.45, 2.75) is 37.1 Å². The Morgan fingerprint density at radius 3 is 2.89 bits per heavy atom. The molecule has 0 spiro atoms. The molecule has 1 unspecified atom stereocenters. The summed E-state index contributed by atoms with van der Waals surface area (Å²) in [4.78, 5) is 0.435. The molecule has 0 bridgehead atoms. The SMILES string of the molecule is Cc1[nH]ncc1S(=O)(=O)N1CCCCC1C(N)=S. The second-order valence-corrected chi connectivity index (χ2v) is 6.72. The quantitative estimate of drug-likeness (QED) is 0.792. The number of hydrogen-bond donors (Lipinski definition) is 2. The molecule has 0 radical (unpaired) electrons. The minimum absolute atomic E-state index is 0.200. The Labute approximate surface area is 112 Å². The number of rotatable bonds is 3. The maximum absolute atomic E-state index is 12.5. The molecule has 8 heteroatoms. The highest BCUT2D eigenvalue weighted by molar-refractivity contribution is 7.89. The van der Waals surface area contributed by atoms with Gasteiger partial charge in [-0.3, -0.25) is 5.10 Å². The Bertz CT molecular complexity index is 552. The molecule has 1 aromatic rings. The van der Waals surface area contributed by atoms with Crippen LogP contribution in [0.25, 0.3) is 0 Å². The zero-order valence-corrected chi connectivity index (χ0v) is 11.7. The smallest absolute Gasteiger partial charge is 0.247 e. The summed E-state index contributed by atoms with van der Waals surface area (Å²) in [5.74, 6) is 0. The van der Waals surface area contributed by atoms with Crippen molar-refractivity contribution in [1.82, 2.24) is 14.5 Å². The number of thiocarbonyl (C=S) groups is 1. The second kappa shape index (κ2) is 4.94. The van der Waals surface area contributed by atoms with Gasteiger partial charge in [0.1, 0.15) is 4.90 Å². The zero-order chi connectivity index (χ0) is 13.3. The lowest BCUT2D eigenvalue weighted by Gasteiger charge is -2.33. The van der Waals surface area contributed by atoms with Gasteiger partial charge in [0.25, 0.3) is 0 Å². The van der Waals surface area contributed by atoms with E-state index in [1.54, 1.807) is 6.92 Å². The minimum atomic E-state index is -3.57. The van der Waals surface area contributed by atoms with E-state index in [4.69, 9.17) is 18.0 Å². The first-order valence-electron chi connectivity index (χ1n) is 5.75.